The van der Waals surface area contributed by atoms with Crippen LogP contribution in [0, 0.1) is 5.82 Å². The van der Waals surface area contributed by atoms with Crippen molar-refractivity contribution in [2.45, 2.75) is 18.8 Å². The molecule has 1 aromatic carbocycles. The molecule has 0 amide bonds. The minimum Gasteiger partial charge on any atom is -0.396 e. The highest BCUT2D eigenvalue weighted by molar-refractivity contribution is 5.43. The summed E-state index contributed by atoms with van der Waals surface area (Å²) in [6.45, 7) is 1.83. The van der Waals surface area contributed by atoms with Crippen LogP contribution in [-0.2, 0) is 9.63 Å². The minimum atomic E-state index is -0.379. The lowest BCUT2D eigenvalue weighted by atomic mass is 9.90. The third-order valence-electron chi connectivity index (χ3n) is 3.14. The zero-order chi connectivity index (χ0) is 12.3. The van der Waals surface area contributed by atoms with E-state index in [4.69, 9.17) is 10.6 Å². The third kappa shape index (κ3) is 2.74. The van der Waals surface area contributed by atoms with Gasteiger partial charge in [0.15, 0.2) is 0 Å². The first-order valence-electron chi connectivity index (χ1n) is 5.61. The van der Waals surface area contributed by atoms with Gasteiger partial charge < -0.3 is 10.6 Å². The van der Waals surface area contributed by atoms with Crippen molar-refractivity contribution in [2.24, 2.45) is 0 Å². The summed E-state index contributed by atoms with van der Waals surface area (Å²) in [6.07, 6.45) is 1.75. The van der Waals surface area contributed by atoms with Crippen LogP contribution in [0.25, 0.3) is 0 Å². The van der Waals surface area contributed by atoms with Crippen LogP contribution in [0.5, 0.6) is 0 Å². The summed E-state index contributed by atoms with van der Waals surface area (Å²) in [7, 11) is 0. The Hall–Kier alpha value is -1.62. The van der Waals surface area contributed by atoms with Crippen molar-refractivity contribution >= 4 is 12.2 Å². The van der Waals surface area contributed by atoms with Crippen LogP contribution in [0.3, 0.4) is 0 Å². The molecule has 92 valence electrons. The summed E-state index contributed by atoms with van der Waals surface area (Å²) in [4.78, 5) is 15.0. The quantitative estimate of drug-likeness (QED) is 0.643. The second-order valence-electron chi connectivity index (χ2n) is 4.19. The van der Waals surface area contributed by atoms with E-state index >= 15 is 0 Å². The largest absolute Gasteiger partial charge is 0.396 e. The number of hydrogen-bond donors (Lipinski definition) is 1. The number of halogens is 1. The summed E-state index contributed by atoms with van der Waals surface area (Å²) >= 11 is 0. The number of nitrogens with zero attached hydrogens (tertiary/aromatic N) is 1. The monoisotopic (exact) mass is 238 g/mol. The molecule has 0 bridgehead atoms. The summed E-state index contributed by atoms with van der Waals surface area (Å²) in [5.74, 6) is -0.0279. The fourth-order valence-corrected chi connectivity index (χ4v) is 2.17. The number of rotatable bonds is 3. The van der Waals surface area contributed by atoms with Gasteiger partial charge in [-0.3, -0.25) is 4.79 Å². The van der Waals surface area contributed by atoms with Crippen molar-refractivity contribution < 1.29 is 14.0 Å². The van der Waals surface area contributed by atoms with E-state index in [1.165, 1.54) is 6.07 Å². The van der Waals surface area contributed by atoms with E-state index in [0.717, 1.165) is 18.4 Å². The molecule has 5 heteroatoms. The number of benzene rings is 1. The summed E-state index contributed by atoms with van der Waals surface area (Å²) < 4.78 is 13.0. The van der Waals surface area contributed by atoms with Gasteiger partial charge in [0, 0.05) is 13.1 Å². The lowest BCUT2D eigenvalue weighted by molar-refractivity contribution is -0.178. The zero-order valence-corrected chi connectivity index (χ0v) is 9.43. The Labute approximate surface area is 99.1 Å². The molecule has 2 N–H and O–H groups in total. The molecule has 0 aliphatic carbocycles. The topological polar surface area (TPSA) is 55.6 Å². The van der Waals surface area contributed by atoms with Gasteiger partial charge in [-0.1, -0.05) is 6.07 Å². The van der Waals surface area contributed by atoms with Gasteiger partial charge in [0.1, 0.15) is 5.82 Å². The maximum atomic E-state index is 13.0. The summed E-state index contributed by atoms with van der Waals surface area (Å²) in [5, 5.41) is 1.64. The average molecular weight is 238 g/mol. The van der Waals surface area contributed by atoms with Crippen LogP contribution < -0.4 is 5.73 Å². The third-order valence-corrected chi connectivity index (χ3v) is 3.14. The van der Waals surface area contributed by atoms with Crippen molar-refractivity contribution in [3.8, 4) is 0 Å². The van der Waals surface area contributed by atoms with Crippen LogP contribution in [-0.4, -0.2) is 24.6 Å². The molecule has 0 aromatic heterocycles. The Balaban J connectivity index is 2.00. The fourth-order valence-electron chi connectivity index (χ4n) is 2.17. The number of anilines is 1. The lowest BCUT2D eigenvalue weighted by Crippen LogP contribution is -2.32. The molecular weight excluding hydrogens is 223 g/mol. The van der Waals surface area contributed by atoms with Crippen molar-refractivity contribution in [2.75, 3.05) is 18.8 Å². The molecular formula is C12H15FN2O2. The fraction of sp³-hybridized carbons (Fsp3) is 0.417. The number of hydrogen-bond acceptors (Lipinski definition) is 4. The van der Waals surface area contributed by atoms with E-state index < -0.39 is 0 Å². The van der Waals surface area contributed by atoms with Gasteiger partial charge in [-0.2, -0.15) is 0 Å². The number of nitrogen functional groups attached to an aromatic ring is 1. The Morgan fingerprint density at radius 3 is 2.71 bits per heavy atom. The smallest absolute Gasteiger partial charge is 0.312 e. The Kier molecular flexibility index (Phi) is 3.58. The molecule has 1 heterocycles. The van der Waals surface area contributed by atoms with Crippen molar-refractivity contribution in [3.05, 3.63) is 29.6 Å². The number of carbonyl (C=O) groups excluding carboxylic acids is 1. The zero-order valence-electron chi connectivity index (χ0n) is 9.43. The van der Waals surface area contributed by atoms with Gasteiger partial charge in [-0.05, 0) is 36.5 Å². The Morgan fingerprint density at radius 2 is 2.12 bits per heavy atom. The molecule has 0 spiro atoms. The number of piperidine rings is 1. The molecule has 1 aromatic rings. The van der Waals surface area contributed by atoms with E-state index in [-0.39, 0.29) is 11.5 Å². The van der Waals surface area contributed by atoms with Gasteiger partial charge >= 0.3 is 6.47 Å². The van der Waals surface area contributed by atoms with Crippen molar-refractivity contribution in [1.29, 1.82) is 0 Å². The van der Waals surface area contributed by atoms with E-state index in [1.54, 1.807) is 17.2 Å². The van der Waals surface area contributed by atoms with Gasteiger partial charge in [0.05, 0.1) is 5.69 Å². The molecule has 0 atom stereocenters. The highest BCUT2D eigenvalue weighted by Gasteiger charge is 2.21. The second-order valence-corrected chi connectivity index (χ2v) is 4.19. The first-order chi connectivity index (χ1) is 8.20. The van der Waals surface area contributed by atoms with Crippen LogP contribution in [0.4, 0.5) is 10.1 Å². The molecule has 1 aliphatic heterocycles. The Bertz CT molecular complexity index is 403. The van der Waals surface area contributed by atoms with E-state index in [0.29, 0.717) is 25.5 Å². The highest BCUT2D eigenvalue weighted by Crippen LogP contribution is 2.29. The molecule has 0 unspecified atom stereocenters. The van der Waals surface area contributed by atoms with Crippen LogP contribution in [0.15, 0.2) is 18.2 Å². The molecule has 0 radical (unpaired) electrons. The summed E-state index contributed by atoms with van der Waals surface area (Å²) in [6, 6.07) is 4.86. The van der Waals surface area contributed by atoms with Gasteiger partial charge in [0.25, 0.3) is 0 Å². The lowest BCUT2D eigenvalue weighted by Gasteiger charge is -2.29. The molecule has 2 rings (SSSR count). The van der Waals surface area contributed by atoms with E-state index in [9.17, 15) is 9.18 Å². The molecule has 17 heavy (non-hydrogen) atoms. The molecule has 1 aliphatic rings. The van der Waals surface area contributed by atoms with Crippen molar-refractivity contribution in [3.63, 3.8) is 0 Å². The number of carbonyl (C=O) groups is 1. The Morgan fingerprint density at radius 1 is 1.41 bits per heavy atom. The van der Waals surface area contributed by atoms with Crippen LogP contribution >= 0.6 is 0 Å². The molecule has 1 saturated heterocycles. The van der Waals surface area contributed by atoms with Gasteiger partial charge in [-0.15, -0.1) is 5.06 Å². The normalized spacial score (nSPS) is 17.9. The first kappa shape index (κ1) is 11.9. The number of nitrogens with two attached hydrogens (primary N) is 1. The standard InChI is InChI=1S/C12H15FN2O2/c13-11-2-1-10(7-12(11)14)9-3-5-15(6-4-9)17-8-16/h1-2,7-9H,3-6,14H2. The minimum absolute atomic E-state index is 0.189. The van der Waals surface area contributed by atoms with E-state index in [2.05, 4.69) is 0 Å². The maximum absolute atomic E-state index is 13.0. The second kappa shape index (κ2) is 5.14. The molecule has 1 fully saturated rings. The first-order valence-corrected chi connectivity index (χ1v) is 5.61. The SMILES string of the molecule is Nc1cc(C2CCN(OC=O)CC2)ccc1F. The average Bonchev–Trinajstić information content (AvgIpc) is 2.34. The maximum Gasteiger partial charge on any atom is 0.312 e. The van der Waals surface area contributed by atoms with Gasteiger partial charge in [-0.25, -0.2) is 4.39 Å². The molecule has 4 nitrogen and oxygen atoms in total. The van der Waals surface area contributed by atoms with E-state index in [1.807, 2.05) is 0 Å². The van der Waals surface area contributed by atoms with Crippen LogP contribution in [0.2, 0.25) is 0 Å². The molecule has 0 saturated carbocycles. The summed E-state index contributed by atoms with van der Waals surface area (Å²) in [5.41, 5.74) is 6.79. The van der Waals surface area contributed by atoms with Gasteiger partial charge in [0.2, 0.25) is 0 Å². The highest BCUT2D eigenvalue weighted by atomic mass is 19.1. The van der Waals surface area contributed by atoms with Crippen LogP contribution in [0.1, 0.15) is 24.3 Å². The predicted octanol–water partition coefficient (Wildman–Crippen LogP) is 1.68. The van der Waals surface area contributed by atoms with Crippen molar-refractivity contribution in [1.82, 2.24) is 5.06 Å². The predicted molar refractivity (Wildman–Crippen MR) is 61.5 cm³/mol. The number of hydroxylamine groups is 2.